The molecule has 1 atom stereocenters. The van der Waals surface area contributed by atoms with Gasteiger partial charge in [-0.05, 0) is 17.7 Å². The number of benzene rings is 1. The number of morpholine rings is 1. The Morgan fingerprint density at radius 1 is 1.36 bits per heavy atom. The van der Waals surface area contributed by atoms with E-state index >= 15 is 0 Å². The fourth-order valence-electron chi connectivity index (χ4n) is 1.38. The Morgan fingerprint density at radius 3 is 2.64 bits per heavy atom. The maximum absolute atomic E-state index is 10.8. The van der Waals surface area contributed by atoms with Crippen molar-refractivity contribution in [2.75, 3.05) is 13.2 Å². The lowest BCUT2D eigenvalue weighted by molar-refractivity contribution is -0.133. The Balaban J connectivity index is 2.08. The van der Waals surface area contributed by atoms with Crippen LogP contribution in [-0.2, 0) is 9.53 Å². The first-order chi connectivity index (χ1) is 6.75. The number of carbonyl (C=O) groups is 1. The predicted octanol–water partition coefficient (Wildman–Crippen LogP) is 1.53. The van der Waals surface area contributed by atoms with E-state index in [1.807, 2.05) is 24.3 Å². The normalized spacial score (nSPS) is 21.8. The van der Waals surface area contributed by atoms with E-state index in [2.05, 4.69) is 5.32 Å². The number of rotatable bonds is 1. The van der Waals surface area contributed by atoms with E-state index in [1.54, 1.807) is 0 Å². The molecule has 0 spiro atoms. The molecule has 0 aromatic heterocycles. The van der Waals surface area contributed by atoms with Gasteiger partial charge >= 0.3 is 0 Å². The SMILES string of the molecule is O=C1COC(c2ccc(Cl)cc2)CN1. The van der Waals surface area contributed by atoms with Crippen LogP contribution in [0.1, 0.15) is 11.7 Å². The highest BCUT2D eigenvalue weighted by molar-refractivity contribution is 6.30. The van der Waals surface area contributed by atoms with Gasteiger partial charge in [0.25, 0.3) is 0 Å². The first-order valence-corrected chi connectivity index (χ1v) is 4.77. The van der Waals surface area contributed by atoms with Crippen LogP contribution in [-0.4, -0.2) is 19.1 Å². The molecule has 1 aliphatic rings. The molecule has 1 aliphatic heterocycles. The third kappa shape index (κ3) is 2.05. The molecule has 1 N–H and O–H groups in total. The van der Waals surface area contributed by atoms with E-state index < -0.39 is 0 Å². The van der Waals surface area contributed by atoms with Crippen molar-refractivity contribution in [3.63, 3.8) is 0 Å². The molecule has 0 radical (unpaired) electrons. The predicted molar refractivity (Wildman–Crippen MR) is 53.2 cm³/mol. The van der Waals surface area contributed by atoms with Crippen LogP contribution in [0.2, 0.25) is 5.02 Å². The maximum Gasteiger partial charge on any atom is 0.246 e. The molecule has 3 nitrogen and oxygen atoms in total. The first kappa shape index (κ1) is 9.49. The van der Waals surface area contributed by atoms with Crippen LogP contribution in [0.25, 0.3) is 0 Å². The average molecular weight is 212 g/mol. The molecule has 4 heteroatoms. The van der Waals surface area contributed by atoms with Gasteiger partial charge in [-0.25, -0.2) is 0 Å². The van der Waals surface area contributed by atoms with Crippen LogP contribution in [0, 0.1) is 0 Å². The fraction of sp³-hybridized carbons (Fsp3) is 0.300. The lowest BCUT2D eigenvalue weighted by atomic mass is 10.1. The minimum Gasteiger partial charge on any atom is -0.362 e. The van der Waals surface area contributed by atoms with Crippen molar-refractivity contribution in [3.05, 3.63) is 34.9 Å². The van der Waals surface area contributed by atoms with Crippen LogP contribution in [0.3, 0.4) is 0 Å². The molecular weight excluding hydrogens is 202 g/mol. The standard InChI is InChI=1S/C10H10ClNO2/c11-8-3-1-7(2-4-8)9-5-12-10(13)6-14-9/h1-4,9H,5-6H2,(H,12,13). The van der Waals surface area contributed by atoms with Gasteiger partial charge in [-0.15, -0.1) is 0 Å². The van der Waals surface area contributed by atoms with Gasteiger partial charge in [0.2, 0.25) is 5.91 Å². The van der Waals surface area contributed by atoms with Crippen LogP contribution in [0.15, 0.2) is 24.3 Å². The van der Waals surface area contributed by atoms with Gasteiger partial charge < -0.3 is 10.1 Å². The molecule has 2 rings (SSSR count). The van der Waals surface area contributed by atoms with E-state index in [0.717, 1.165) is 5.56 Å². The molecule has 1 aromatic carbocycles. The summed E-state index contributed by atoms with van der Waals surface area (Å²) < 4.78 is 5.36. The Labute approximate surface area is 87.0 Å². The zero-order chi connectivity index (χ0) is 9.97. The second kappa shape index (κ2) is 3.98. The highest BCUT2D eigenvalue weighted by Crippen LogP contribution is 2.20. The minimum absolute atomic E-state index is 0.0510. The zero-order valence-corrected chi connectivity index (χ0v) is 8.25. The van der Waals surface area contributed by atoms with E-state index in [4.69, 9.17) is 16.3 Å². The summed E-state index contributed by atoms with van der Waals surface area (Å²) in [7, 11) is 0. The Hall–Kier alpha value is -1.06. The van der Waals surface area contributed by atoms with Crippen molar-refractivity contribution < 1.29 is 9.53 Å². The molecule has 0 saturated carbocycles. The average Bonchev–Trinajstić information content (AvgIpc) is 2.21. The zero-order valence-electron chi connectivity index (χ0n) is 7.50. The second-order valence-corrected chi connectivity index (χ2v) is 3.59. The van der Waals surface area contributed by atoms with Gasteiger partial charge in [0.05, 0.1) is 0 Å². The summed E-state index contributed by atoms with van der Waals surface area (Å²) in [5, 5.41) is 3.45. The van der Waals surface area contributed by atoms with Gasteiger partial charge in [0.15, 0.2) is 0 Å². The van der Waals surface area contributed by atoms with Crippen molar-refractivity contribution in [3.8, 4) is 0 Å². The molecule has 1 heterocycles. The number of hydrogen-bond donors (Lipinski definition) is 1. The lowest BCUT2D eigenvalue weighted by Crippen LogP contribution is -2.38. The fourth-order valence-corrected chi connectivity index (χ4v) is 1.51. The summed E-state index contributed by atoms with van der Waals surface area (Å²) in [6.07, 6.45) is -0.0510. The number of carbonyl (C=O) groups excluding carboxylic acids is 1. The summed E-state index contributed by atoms with van der Waals surface area (Å²) in [5.41, 5.74) is 1.04. The molecule has 1 saturated heterocycles. The Bertz CT molecular complexity index is 326. The highest BCUT2D eigenvalue weighted by Gasteiger charge is 2.19. The van der Waals surface area contributed by atoms with E-state index in [0.29, 0.717) is 11.6 Å². The topological polar surface area (TPSA) is 38.3 Å². The van der Waals surface area contributed by atoms with Crippen LogP contribution in [0.5, 0.6) is 0 Å². The molecule has 1 unspecified atom stereocenters. The Kier molecular flexibility index (Phi) is 2.70. The number of ether oxygens (including phenoxy) is 1. The van der Waals surface area contributed by atoms with Crippen LogP contribution in [0.4, 0.5) is 0 Å². The van der Waals surface area contributed by atoms with Gasteiger partial charge in [0, 0.05) is 11.6 Å². The molecule has 1 fully saturated rings. The summed E-state index contributed by atoms with van der Waals surface area (Å²) in [4.78, 5) is 10.8. The van der Waals surface area contributed by atoms with Crippen molar-refractivity contribution >= 4 is 17.5 Å². The number of halogens is 1. The second-order valence-electron chi connectivity index (χ2n) is 3.16. The molecule has 0 bridgehead atoms. The molecule has 0 aliphatic carbocycles. The van der Waals surface area contributed by atoms with E-state index in [1.165, 1.54) is 0 Å². The minimum atomic E-state index is -0.0600. The smallest absolute Gasteiger partial charge is 0.246 e. The largest absolute Gasteiger partial charge is 0.362 e. The van der Waals surface area contributed by atoms with Crippen molar-refractivity contribution in [1.82, 2.24) is 5.32 Å². The molecule has 1 aromatic rings. The van der Waals surface area contributed by atoms with E-state index in [9.17, 15) is 4.79 Å². The third-order valence-electron chi connectivity index (χ3n) is 2.14. The van der Waals surface area contributed by atoms with Gasteiger partial charge in [0.1, 0.15) is 12.7 Å². The number of amides is 1. The third-order valence-corrected chi connectivity index (χ3v) is 2.39. The van der Waals surface area contributed by atoms with Crippen molar-refractivity contribution in [1.29, 1.82) is 0 Å². The van der Waals surface area contributed by atoms with Gasteiger partial charge in [-0.3, -0.25) is 4.79 Å². The first-order valence-electron chi connectivity index (χ1n) is 4.39. The Morgan fingerprint density at radius 2 is 2.07 bits per heavy atom. The summed E-state index contributed by atoms with van der Waals surface area (Å²) in [6, 6.07) is 7.45. The maximum atomic E-state index is 10.8. The molecule has 14 heavy (non-hydrogen) atoms. The summed E-state index contributed by atoms with van der Waals surface area (Å²) in [6.45, 7) is 0.660. The molecule has 1 amide bonds. The van der Waals surface area contributed by atoms with E-state index in [-0.39, 0.29) is 18.6 Å². The number of hydrogen-bond acceptors (Lipinski definition) is 2. The van der Waals surface area contributed by atoms with Gasteiger partial charge in [-0.1, -0.05) is 23.7 Å². The molecular formula is C10H10ClNO2. The van der Waals surface area contributed by atoms with Crippen molar-refractivity contribution in [2.24, 2.45) is 0 Å². The number of nitrogens with one attached hydrogen (secondary N) is 1. The van der Waals surface area contributed by atoms with Crippen molar-refractivity contribution in [2.45, 2.75) is 6.10 Å². The summed E-state index contributed by atoms with van der Waals surface area (Å²) >= 11 is 5.76. The summed E-state index contributed by atoms with van der Waals surface area (Å²) in [5.74, 6) is -0.0600. The van der Waals surface area contributed by atoms with Crippen LogP contribution >= 0.6 is 11.6 Å². The molecule has 74 valence electrons. The highest BCUT2D eigenvalue weighted by atomic mass is 35.5. The quantitative estimate of drug-likeness (QED) is 0.765. The van der Waals surface area contributed by atoms with Gasteiger partial charge in [-0.2, -0.15) is 0 Å². The van der Waals surface area contributed by atoms with Crippen LogP contribution < -0.4 is 5.32 Å². The monoisotopic (exact) mass is 211 g/mol. The lowest BCUT2D eigenvalue weighted by Gasteiger charge is -2.23.